The van der Waals surface area contributed by atoms with Crippen LogP contribution in [0.2, 0.25) is 0 Å². The van der Waals surface area contributed by atoms with E-state index in [0.29, 0.717) is 5.56 Å². The average molecular weight is 335 g/mol. The number of rotatable bonds is 2. The Morgan fingerprint density at radius 3 is 2.08 bits per heavy atom. The van der Waals surface area contributed by atoms with Crippen molar-refractivity contribution in [2.45, 2.75) is 6.18 Å². The maximum absolute atomic E-state index is 14.0. The lowest BCUT2D eigenvalue weighted by molar-refractivity contribution is -0.137. The van der Waals surface area contributed by atoms with E-state index in [-0.39, 0.29) is 16.8 Å². The molecule has 0 spiro atoms. The van der Waals surface area contributed by atoms with Gasteiger partial charge in [0.05, 0.1) is 16.8 Å². The van der Waals surface area contributed by atoms with E-state index >= 15 is 0 Å². The zero-order valence-corrected chi connectivity index (χ0v) is 11.9. The Kier molecular flexibility index (Phi) is 4.01. The summed E-state index contributed by atoms with van der Waals surface area (Å²) in [5.41, 5.74) is -0.791. The van der Waals surface area contributed by atoms with Crippen molar-refractivity contribution < 1.29 is 22.0 Å². The van der Waals surface area contributed by atoms with E-state index in [0.717, 1.165) is 24.3 Å². The van der Waals surface area contributed by atoms with Gasteiger partial charge in [-0.3, -0.25) is 0 Å². The van der Waals surface area contributed by atoms with Gasteiger partial charge in [-0.25, -0.2) is 18.7 Å². The highest BCUT2D eigenvalue weighted by atomic mass is 19.4. The molecular formula is C17H8F5N2. The summed E-state index contributed by atoms with van der Waals surface area (Å²) in [7, 11) is 0. The van der Waals surface area contributed by atoms with Crippen LogP contribution in [0.15, 0.2) is 48.7 Å². The molecule has 0 aliphatic rings. The van der Waals surface area contributed by atoms with Gasteiger partial charge in [0, 0.05) is 11.8 Å². The van der Waals surface area contributed by atoms with Gasteiger partial charge in [0.25, 0.3) is 0 Å². The van der Waals surface area contributed by atoms with Gasteiger partial charge in [0.2, 0.25) is 0 Å². The van der Waals surface area contributed by atoms with Gasteiger partial charge in [-0.05, 0) is 29.8 Å². The van der Waals surface area contributed by atoms with Crippen molar-refractivity contribution >= 4 is 0 Å². The number of halogens is 5. The quantitative estimate of drug-likeness (QED) is 0.622. The van der Waals surface area contributed by atoms with Gasteiger partial charge in [-0.2, -0.15) is 13.2 Å². The van der Waals surface area contributed by atoms with Crippen LogP contribution in [-0.4, -0.2) is 9.97 Å². The molecule has 2 nitrogen and oxygen atoms in total. The lowest BCUT2D eigenvalue weighted by Gasteiger charge is -2.11. The van der Waals surface area contributed by atoms with Crippen molar-refractivity contribution in [1.29, 1.82) is 0 Å². The van der Waals surface area contributed by atoms with Crippen LogP contribution in [0.3, 0.4) is 0 Å². The fourth-order valence-electron chi connectivity index (χ4n) is 2.26. The van der Waals surface area contributed by atoms with E-state index < -0.39 is 23.4 Å². The number of nitrogens with zero attached hydrogens (tertiary/aromatic N) is 2. The number of aromatic nitrogens is 2. The Morgan fingerprint density at radius 2 is 1.50 bits per heavy atom. The summed E-state index contributed by atoms with van der Waals surface area (Å²) >= 11 is 0. The maximum atomic E-state index is 14.0. The van der Waals surface area contributed by atoms with E-state index in [1.807, 2.05) is 0 Å². The minimum absolute atomic E-state index is 0.0830. The van der Waals surface area contributed by atoms with E-state index in [4.69, 9.17) is 0 Å². The Hall–Kier alpha value is -2.83. The zero-order valence-electron chi connectivity index (χ0n) is 11.9. The number of hydrogen-bond donors (Lipinski definition) is 0. The minimum Gasteiger partial charge on any atom is -0.233 e. The molecule has 3 aromatic rings. The summed E-state index contributed by atoms with van der Waals surface area (Å²) in [6.45, 7) is 0. The smallest absolute Gasteiger partial charge is 0.233 e. The van der Waals surface area contributed by atoms with Gasteiger partial charge in [0.1, 0.15) is 11.6 Å². The monoisotopic (exact) mass is 335 g/mol. The van der Waals surface area contributed by atoms with Gasteiger partial charge in [0.15, 0.2) is 6.33 Å². The molecule has 121 valence electrons. The molecule has 0 N–H and O–H groups in total. The Labute approximate surface area is 133 Å². The first kappa shape index (κ1) is 16.0. The lowest BCUT2D eigenvalue weighted by Crippen LogP contribution is -2.04. The highest BCUT2D eigenvalue weighted by molar-refractivity contribution is 5.80. The van der Waals surface area contributed by atoms with Crippen LogP contribution < -0.4 is 0 Å². The van der Waals surface area contributed by atoms with Crippen LogP contribution in [0.5, 0.6) is 0 Å². The highest BCUT2D eigenvalue weighted by Crippen LogP contribution is 2.35. The molecule has 0 atom stereocenters. The maximum Gasteiger partial charge on any atom is 0.416 e. The molecule has 7 heteroatoms. The topological polar surface area (TPSA) is 25.8 Å². The summed E-state index contributed by atoms with van der Waals surface area (Å²) in [6.07, 6.45) is -0.979. The molecule has 2 aromatic carbocycles. The summed E-state index contributed by atoms with van der Waals surface area (Å²) in [5, 5.41) is 0. The standard InChI is InChI=1S/C17H8F5N2/c18-13-2-1-3-14(19)15(13)16-12(8-23-9-24-16)10-4-6-11(7-5-10)17(20,21)22/h1-8H. The van der Waals surface area contributed by atoms with Crippen LogP contribution in [0, 0.1) is 18.0 Å². The zero-order chi connectivity index (χ0) is 17.3. The van der Waals surface area contributed by atoms with Gasteiger partial charge in [-0.1, -0.05) is 18.2 Å². The third-order valence-corrected chi connectivity index (χ3v) is 3.39. The van der Waals surface area contributed by atoms with E-state index in [1.165, 1.54) is 24.4 Å². The molecule has 0 bridgehead atoms. The van der Waals surface area contributed by atoms with Gasteiger partial charge < -0.3 is 0 Å². The lowest BCUT2D eigenvalue weighted by atomic mass is 9.99. The molecule has 1 heterocycles. The molecule has 0 amide bonds. The Bertz CT molecular complexity index is 853. The minimum atomic E-state index is -4.47. The van der Waals surface area contributed by atoms with Crippen molar-refractivity contribution in [2.24, 2.45) is 0 Å². The number of benzene rings is 2. The molecule has 0 aliphatic heterocycles. The molecule has 1 radical (unpaired) electrons. The third kappa shape index (κ3) is 2.97. The molecular weight excluding hydrogens is 327 g/mol. The predicted molar refractivity (Wildman–Crippen MR) is 76.7 cm³/mol. The van der Waals surface area contributed by atoms with Crippen LogP contribution in [0.1, 0.15) is 5.56 Å². The predicted octanol–water partition coefficient (Wildman–Crippen LogP) is 4.91. The molecule has 0 aliphatic carbocycles. The highest BCUT2D eigenvalue weighted by Gasteiger charge is 2.30. The number of hydrogen-bond acceptors (Lipinski definition) is 2. The number of alkyl halides is 3. The fraction of sp³-hybridized carbons (Fsp3) is 0.0588. The van der Waals surface area contributed by atoms with Crippen LogP contribution in [0.25, 0.3) is 22.4 Å². The average Bonchev–Trinajstić information content (AvgIpc) is 2.54. The van der Waals surface area contributed by atoms with E-state index in [2.05, 4.69) is 16.3 Å². The third-order valence-electron chi connectivity index (χ3n) is 3.39. The molecule has 24 heavy (non-hydrogen) atoms. The molecule has 3 rings (SSSR count). The molecule has 0 unspecified atom stereocenters. The van der Waals surface area contributed by atoms with Crippen LogP contribution in [0.4, 0.5) is 22.0 Å². The van der Waals surface area contributed by atoms with Crippen LogP contribution >= 0.6 is 0 Å². The van der Waals surface area contributed by atoms with Crippen molar-refractivity contribution in [2.75, 3.05) is 0 Å². The molecule has 0 saturated heterocycles. The molecule has 0 saturated carbocycles. The fourth-order valence-corrected chi connectivity index (χ4v) is 2.26. The summed E-state index contributed by atoms with van der Waals surface area (Å²) in [4.78, 5) is 7.45. The normalized spacial score (nSPS) is 11.5. The second kappa shape index (κ2) is 5.99. The van der Waals surface area contributed by atoms with E-state index in [1.54, 1.807) is 0 Å². The van der Waals surface area contributed by atoms with E-state index in [9.17, 15) is 22.0 Å². The second-order valence-electron chi connectivity index (χ2n) is 4.90. The molecule has 1 aromatic heterocycles. The van der Waals surface area contributed by atoms with Crippen molar-refractivity contribution in [3.05, 3.63) is 72.2 Å². The second-order valence-corrected chi connectivity index (χ2v) is 4.90. The van der Waals surface area contributed by atoms with Crippen molar-refractivity contribution in [1.82, 2.24) is 9.97 Å². The molecule has 0 fully saturated rings. The first-order valence-electron chi connectivity index (χ1n) is 6.73. The summed E-state index contributed by atoms with van der Waals surface area (Å²) in [6, 6.07) is 7.50. The Balaban J connectivity index is 2.14. The summed E-state index contributed by atoms with van der Waals surface area (Å²) in [5.74, 6) is -1.68. The first-order valence-corrected chi connectivity index (χ1v) is 6.73. The first-order chi connectivity index (χ1) is 11.4. The SMILES string of the molecule is Fc1cccc(F)c1-c1n[c]ncc1-c1ccc(C(F)(F)F)cc1. The largest absolute Gasteiger partial charge is 0.416 e. The van der Waals surface area contributed by atoms with Crippen LogP contribution in [-0.2, 0) is 6.18 Å². The van der Waals surface area contributed by atoms with Crippen molar-refractivity contribution in [3.63, 3.8) is 0 Å². The Morgan fingerprint density at radius 1 is 0.875 bits per heavy atom. The summed E-state index contributed by atoms with van der Waals surface area (Å²) < 4.78 is 65.9. The van der Waals surface area contributed by atoms with Gasteiger partial charge in [-0.15, -0.1) is 0 Å². The van der Waals surface area contributed by atoms with Gasteiger partial charge >= 0.3 is 6.18 Å². The van der Waals surface area contributed by atoms with Crippen molar-refractivity contribution in [3.8, 4) is 22.4 Å².